The van der Waals surface area contributed by atoms with E-state index in [1.807, 2.05) is 31.4 Å². The molecule has 2 N–H and O–H groups in total. The van der Waals surface area contributed by atoms with Crippen molar-refractivity contribution in [3.05, 3.63) is 34.8 Å². The van der Waals surface area contributed by atoms with Gasteiger partial charge in [0.25, 0.3) is 0 Å². The minimum atomic E-state index is 0.000480. The third kappa shape index (κ3) is 3.72. The van der Waals surface area contributed by atoms with Crippen molar-refractivity contribution in [2.75, 3.05) is 16.8 Å². The Hall–Kier alpha value is -2.08. The van der Waals surface area contributed by atoms with Crippen molar-refractivity contribution >= 4 is 28.1 Å². The van der Waals surface area contributed by atoms with E-state index in [1.54, 1.807) is 17.9 Å². The molecule has 0 fully saturated rings. The molecule has 1 heterocycles. The van der Waals surface area contributed by atoms with Gasteiger partial charge in [-0.3, -0.25) is 9.69 Å². The Morgan fingerprint density at radius 2 is 2.24 bits per heavy atom. The molecule has 0 aliphatic rings. The zero-order chi connectivity index (χ0) is 15.4. The molecule has 5 nitrogen and oxygen atoms in total. The minimum Gasteiger partial charge on any atom is -0.508 e. The molecule has 0 unspecified atom stereocenters. The number of carbonyl (C=O) groups excluding carboxylic acids is 1. The van der Waals surface area contributed by atoms with Crippen molar-refractivity contribution in [1.82, 2.24) is 4.98 Å². The highest BCUT2D eigenvalue weighted by atomic mass is 32.1. The normalized spacial score (nSPS) is 10.4. The van der Waals surface area contributed by atoms with E-state index >= 15 is 0 Å². The van der Waals surface area contributed by atoms with Crippen LogP contribution < -0.4 is 10.2 Å². The summed E-state index contributed by atoms with van der Waals surface area (Å²) >= 11 is 1.47. The SMILES string of the molecule is CCN(C(C)=O)c1nc(CNc2ccc(O)c(C)c2)cs1. The van der Waals surface area contributed by atoms with Gasteiger partial charge in [-0.05, 0) is 37.6 Å². The van der Waals surface area contributed by atoms with Crippen LogP contribution in [0.3, 0.4) is 0 Å². The van der Waals surface area contributed by atoms with Gasteiger partial charge in [-0.15, -0.1) is 11.3 Å². The van der Waals surface area contributed by atoms with E-state index in [1.165, 1.54) is 11.3 Å². The van der Waals surface area contributed by atoms with Crippen LogP contribution in [0.5, 0.6) is 5.75 Å². The maximum absolute atomic E-state index is 11.5. The fourth-order valence-electron chi connectivity index (χ4n) is 1.95. The molecule has 1 aromatic carbocycles. The van der Waals surface area contributed by atoms with E-state index in [9.17, 15) is 9.90 Å². The van der Waals surface area contributed by atoms with Gasteiger partial charge in [0, 0.05) is 24.5 Å². The third-order valence-corrected chi connectivity index (χ3v) is 4.05. The standard InChI is InChI=1S/C15H19N3O2S/c1-4-18(11(3)19)15-17-13(9-21-15)8-16-12-5-6-14(20)10(2)7-12/h5-7,9,16,20H,4,8H2,1-3H3. The highest BCUT2D eigenvalue weighted by Crippen LogP contribution is 2.23. The second-order valence-electron chi connectivity index (χ2n) is 4.74. The zero-order valence-corrected chi connectivity index (χ0v) is 13.2. The number of anilines is 2. The van der Waals surface area contributed by atoms with Crippen molar-refractivity contribution in [1.29, 1.82) is 0 Å². The number of phenolic OH excluding ortho intramolecular Hbond substituents is 1. The van der Waals surface area contributed by atoms with E-state index in [-0.39, 0.29) is 11.7 Å². The maximum Gasteiger partial charge on any atom is 0.225 e. The predicted molar refractivity (Wildman–Crippen MR) is 86.0 cm³/mol. The Kier molecular flexibility index (Phi) is 4.80. The van der Waals surface area contributed by atoms with Crippen LogP contribution in [0, 0.1) is 6.92 Å². The average Bonchev–Trinajstić information content (AvgIpc) is 2.89. The van der Waals surface area contributed by atoms with Gasteiger partial charge in [-0.1, -0.05) is 0 Å². The summed E-state index contributed by atoms with van der Waals surface area (Å²) in [5.74, 6) is 0.289. The van der Waals surface area contributed by atoms with E-state index in [2.05, 4.69) is 10.3 Å². The number of rotatable bonds is 5. The first kappa shape index (κ1) is 15.3. The summed E-state index contributed by atoms with van der Waals surface area (Å²) in [5.41, 5.74) is 2.65. The molecule has 0 spiro atoms. The average molecular weight is 305 g/mol. The molecule has 2 aromatic rings. The second-order valence-corrected chi connectivity index (χ2v) is 5.58. The minimum absolute atomic E-state index is 0.000480. The lowest BCUT2D eigenvalue weighted by atomic mass is 10.2. The smallest absolute Gasteiger partial charge is 0.225 e. The number of phenols is 1. The Morgan fingerprint density at radius 1 is 1.48 bits per heavy atom. The molecule has 2 rings (SSSR count). The van der Waals surface area contributed by atoms with Gasteiger partial charge in [0.05, 0.1) is 12.2 Å². The van der Waals surface area contributed by atoms with Crippen molar-refractivity contribution < 1.29 is 9.90 Å². The molecule has 0 saturated heterocycles. The van der Waals surface area contributed by atoms with Crippen LogP contribution in [0.4, 0.5) is 10.8 Å². The van der Waals surface area contributed by atoms with E-state index < -0.39 is 0 Å². The molecule has 1 amide bonds. The molecule has 0 atom stereocenters. The summed E-state index contributed by atoms with van der Waals surface area (Å²) in [5, 5.41) is 15.4. The van der Waals surface area contributed by atoms with Gasteiger partial charge in [0.2, 0.25) is 5.91 Å². The van der Waals surface area contributed by atoms with Crippen LogP contribution in [-0.4, -0.2) is 22.5 Å². The summed E-state index contributed by atoms with van der Waals surface area (Å²) in [6.45, 7) is 6.53. The number of amides is 1. The van der Waals surface area contributed by atoms with Gasteiger partial charge in [-0.2, -0.15) is 0 Å². The Balaban J connectivity index is 2.02. The van der Waals surface area contributed by atoms with Crippen LogP contribution in [0.25, 0.3) is 0 Å². The van der Waals surface area contributed by atoms with Crippen LogP contribution in [0.2, 0.25) is 0 Å². The van der Waals surface area contributed by atoms with Gasteiger partial charge < -0.3 is 10.4 Å². The first-order valence-electron chi connectivity index (χ1n) is 6.77. The summed E-state index contributed by atoms with van der Waals surface area (Å²) in [4.78, 5) is 17.6. The van der Waals surface area contributed by atoms with Crippen molar-refractivity contribution in [2.24, 2.45) is 0 Å². The zero-order valence-electron chi connectivity index (χ0n) is 12.4. The number of hydrogen-bond donors (Lipinski definition) is 2. The first-order chi connectivity index (χ1) is 10.0. The van der Waals surface area contributed by atoms with Crippen molar-refractivity contribution in [3.8, 4) is 5.75 Å². The van der Waals surface area contributed by atoms with Crippen molar-refractivity contribution in [3.63, 3.8) is 0 Å². The third-order valence-electron chi connectivity index (χ3n) is 3.14. The number of nitrogens with zero attached hydrogens (tertiary/aromatic N) is 2. The fourth-order valence-corrected chi connectivity index (χ4v) is 2.88. The molecule has 0 saturated carbocycles. The van der Waals surface area contributed by atoms with E-state index in [0.717, 1.165) is 22.1 Å². The fraction of sp³-hybridized carbons (Fsp3) is 0.333. The largest absolute Gasteiger partial charge is 0.508 e. The lowest BCUT2D eigenvalue weighted by molar-refractivity contribution is -0.116. The Morgan fingerprint density at radius 3 is 2.86 bits per heavy atom. The van der Waals surface area contributed by atoms with Gasteiger partial charge in [-0.25, -0.2) is 4.98 Å². The maximum atomic E-state index is 11.5. The molecule has 6 heteroatoms. The molecule has 0 radical (unpaired) electrons. The van der Waals surface area contributed by atoms with Gasteiger partial charge in [0.1, 0.15) is 5.75 Å². The van der Waals surface area contributed by atoms with E-state index in [4.69, 9.17) is 0 Å². The lowest BCUT2D eigenvalue weighted by Gasteiger charge is -2.14. The molecule has 112 valence electrons. The molecule has 0 aliphatic heterocycles. The summed E-state index contributed by atoms with van der Waals surface area (Å²) in [7, 11) is 0. The number of carbonyl (C=O) groups is 1. The topological polar surface area (TPSA) is 65.5 Å². The predicted octanol–water partition coefficient (Wildman–Crippen LogP) is 3.14. The van der Waals surface area contributed by atoms with Gasteiger partial charge in [0.15, 0.2) is 5.13 Å². The number of aryl methyl sites for hydroxylation is 1. The highest BCUT2D eigenvalue weighted by molar-refractivity contribution is 7.14. The number of nitrogens with one attached hydrogen (secondary N) is 1. The van der Waals surface area contributed by atoms with Crippen LogP contribution in [0.15, 0.2) is 23.6 Å². The molecule has 0 bridgehead atoms. The second kappa shape index (κ2) is 6.58. The number of thiazole rings is 1. The van der Waals surface area contributed by atoms with Crippen LogP contribution in [0.1, 0.15) is 25.1 Å². The molecular weight excluding hydrogens is 286 g/mol. The first-order valence-corrected chi connectivity index (χ1v) is 7.65. The Labute approximate surface area is 128 Å². The molecule has 0 aliphatic carbocycles. The quantitative estimate of drug-likeness (QED) is 0.833. The Bertz CT molecular complexity index is 640. The summed E-state index contributed by atoms with van der Waals surface area (Å²) in [6.07, 6.45) is 0. The van der Waals surface area contributed by atoms with Crippen molar-refractivity contribution in [2.45, 2.75) is 27.3 Å². The van der Waals surface area contributed by atoms with Crippen LogP contribution in [-0.2, 0) is 11.3 Å². The lowest BCUT2D eigenvalue weighted by Crippen LogP contribution is -2.27. The number of aromatic hydroxyl groups is 1. The summed E-state index contributed by atoms with van der Waals surface area (Å²) in [6, 6.07) is 5.37. The highest BCUT2D eigenvalue weighted by Gasteiger charge is 2.13. The number of hydrogen-bond acceptors (Lipinski definition) is 5. The number of benzene rings is 1. The van der Waals surface area contributed by atoms with Gasteiger partial charge >= 0.3 is 0 Å². The molecular formula is C15H19N3O2S. The van der Waals surface area contributed by atoms with E-state index in [0.29, 0.717) is 13.1 Å². The monoisotopic (exact) mass is 305 g/mol. The molecule has 1 aromatic heterocycles. The van der Waals surface area contributed by atoms with Crippen LogP contribution >= 0.6 is 11.3 Å². The molecule has 21 heavy (non-hydrogen) atoms. The number of aromatic nitrogens is 1. The summed E-state index contributed by atoms with van der Waals surface area (Å²) < 4.78 is 0.